The van der Waals surface area contributed by atoms with Crippen LogP contribution in [0.2, 0.25) is 0 Å². The van der Waals surface area contributed by atoms with Crippen LogP contribution in [0, 0.1) is 6.92 Å². The molecule has 8 nitrogen and oxygen atoms in total. The van der Waals surface area contributed by atoms with Crippen molar-refractivity contribution >= 4 is 11.6 Å². The molecule has 4 aromatic rings. The molecule has 0 radical (unpaired) electrons. The number of anilines is 2. The molecule has 0 aliphatic heterocycles. The molecule has 0 fully saturated rings. The normalized spacial score (nSPS) is 12.0. The van der Waals surface area contributed by atoms with Crippen LogP contribution in [-0.4, -0.2) is 35.0 Å². The van der Waals surface area contributed by atoms with Gasteiger partial charge in [-0.15, -0.1) is 0 Å². The molecule has 4 aromatic heterocycles. The zero-order valence-corrected chi connectivity index (χ0v) is 17.5. The number of hydrogen-bond donors (Lipinski definition) is 2. The molecule has 0 saturated carbocycles. The van der Waals surface area contributed by atoms with Gasteiger partial charge in [0.25, 0.3) is 0 Å². The van der Waals surface area contributed by atoms with Crippen molar-refractivity contribution in [3.8, 4) is 28.7 Å². The summed E-state index contributed by atoms with van der Waals surface area (Å²) < 4.78 is 78.6. The van der Waals surface area contributed by atoms with Crippen LogP contribution in [0.1, 0.15) is 17.0 Å². The average Bonchev–Trinajstić information content (AvgIpc) is 2.80. The van der Waals surface area contributed by atoms with E-state index in [-0.39, 0.29) is 40.3 Å². The number of hydrogen-bond acceptors (Lipinski definition) is 8. The highest BCUT2D eigenvalue weighted by Gasteiger charge is 2.33. The standard InChI is InChI=1S/C21H13F6N7O/c1-10-12(8-28-9-14(10)35)17-32-18(13-3-2-4-15(31-13)20(22,23)24)34-19(33-17)30-11-5-6-29-16(7-11)21(25,26)27/h2-9,35H,1H3,(H,29,30,32,33,34). The topological polar surface area (TPSA) is 110 Å². The Bertz CT molecular complexity index is 1390. The third-order valence-corrected chi connectivity index (χ3v) is 4.64. The third-order valence-electron chi connectivity index (χ3n) is 4.64. The molecular weight excluding hydrogens is 480 g/mol. The van der Waals surface area contributed by atoms with Crippen LogP contribution in [0.3, 0.4) is 0 Å². The lowest BCUT2D eigenvalue weighted by atomic mass is 10.1. The fourth-order valence-corrected chi connectivity index (χ4v) is 2.92. The smallest absolute Gasteiger partial charge is 0.433 e. The lowest BCUT2D eigenvalue weighted by Gasteiger charge is -2.12. The fourth-order valence-electron chi connectivity index (χ4n) is 2.92. The highest BCUT2D eigenvalue weighted by Crippen LogP contribution is 2.32. The predicted octanol–water partition coefficient (Wildman–Crippen LogP) is 5.19. The van der Waals surface area contributed by atoms with Crippen LogP contribution >= 0.6 is 0 Å². The summed E-state index contributed by atoms with van der Waals surface area (Å²) in [5.74, 6) is -0.884. The maximum absolute atomic E-state index is 13.2. The van der Waals surface area contributed by atoms with E-state index in [0.29, 0.717) is 11.6 Å². The van der Waals surface area contributed by atoms with Gasteiger partial charge in [0.05, 0.1) is 6.20 Å². The van der Waals surface area contributed by atoms with E-state index in [1.807, 2.05) is 0 Å². The third kappa shape index (κ3) is 5.26. The summed E-state index contributed by atoms with van der Waals surface area (Å²) in [5.41, 5.74) is -2.19. The number of nitrogens with one attached hydrogen (secondary N) is 1. The van der Waals surface area contributed by atoms with Crippen molar-refractivity contribution in [3.05, 3.63) is 65.9 Å². The van der Waals surface area contributed by atoms with Gasteiger partial charge in [0, 0.05) is 29.2 Å². The minimum atomic E-state index is -4.73. The Morgan fingerprint density at radius 2 is 1.54 bits per heavy atom. The Morgan fingerprint density at radius 3 is 2.26 bits per heavy atom. The van der Waals surface area contributed by atoms with Crippen LogP contribution in [0.15, 0.2) is 48.9 Å². The largest absolute Gasteiger partial charge is 0.506 e. The monoisotopic (exact) mass is 493 g/mol. The van der Waals surface area contributed by atoms with Crippen molar-refractivity contribution in [2.75, 3.05) is 5.32 Å². The quantitative estimate of drug-likeness (QED) is 0.374. The fraction of sp³-hybridized carbons (Fsp3) is 0.143. The van der Waals surface area contributed by atoms with E-state index in [1.165, 1.54) is 31.5 Å². The minimum Gasteiger partial charge on any atom is -0.506 e. The zero-order chi connectivity index (χ0) is 25.4. The summed E-state index contributed by atoms with van der Waals surface area (Å²) in [4.78, 5) is 23.0. The number of rotatable bonds is 4. The lowest BCUT2D eigenvalue weighted by Crippen LogP contribution is -2.10. The molecule has 0 spiro atoms. The summed E-state index contributed by atoms with van der Waals surface area (Å²) >= 11 is 0. The molecule has 14 heteroatoms. The summed E-state index contributed by atoms with van der Waals surface area (Å²) in [6.07, 6.45) is -6.04. The van der Waals surface area contributed by atoms with Gasteiger partial charge >= 0.3 is 12.4 Å². The van der Waals surface area contributed by atoms with E-state index in [9.17, 15) is 31.4 Å². The second kappa shape index (κ2) is 8.77. The van der Waals surface area contributed by atoms with Gasteiger partial charge in [-0.25, -0.2) is 9.97 Å². The van der Waals surface area contributed by atoms with Crippen molar-refractivity contribution in [2.24, 2.45) is 0 Å². The maximum Gasteiger partial charge on any atom is 0.433 e. The van der Waals surface area contributed by atoms with E-state index in [0.717, 1.165) is 18.3 Å². The van der Waals surface area contributed by atoms with Gasteiger partial charge in [0.15, 0.2) is 11.6 Å². The number of halogens is 6. The molecule has 0 aliphatic carbocycles. The molecule has 180 valence electrons. The Balaban J connectivity index is 1.85. The van der Waals surface area contributed by atoms with Crippen LogP contribution in [-0.2, 0) is 12.4 Å². The van der Waals surface area contributed by atoms with Crippen molar-refractivity contribution < 1.29 is 31.4 Å². The van der Waals surface area contributed by atoms with Gasteiger partial charge < -0.3 is 10.4 Å². The summed E-state index contributed by atoms with van der Waals surface area (Å²) in [6.45, 7) is 1.53. The van der Waals surface area contributed by atoms with Crippen LogP contribution in [0.4, 0.5) is 38.0 Å². The molecule has 0 saturated heterocycles. The van der Waals surface area contributed by atoms with Crippen molar-refractivity contribution in [2.45, 2.75) is 19.3 Å². The Labute approximate surface area is 192 Å². The second-order valence-corrected chi connectivity index (χ2v) is 7.10. The van der Waals surface area contributed by atoms with Gasteiger partial charge in [-0.3, -0.25) is 9.97 Å². The Hall–Kier alpha value is -4.36. The van der Waals surface area contributed by atoms with E-state index < -0.39 is 23.7 Å². The summed E-state index contributed by atoms with van der Waals surface area (Å²) in [6, 6.07) is 5.06. The molecule has 4 rings (SSSR count). The van der Waals surface area contributed by atoms with Crippen LogP contribution < -0.4 is 5.32 Å². The highest BCUT2D eigenvalue weighted by atomic mass is 19.4. The molecular formula is C21H13F6N7O. The molecule has 0 bridgehead atoms. The molecule has 0 amide bonds. The van der Waals surface area contributed by atoms with E-state index in [1.54, 1.807) is 0 Å². The second-order valence-electron chi connectivity index (χ2n) is 7.10. The van der Waals surface area contributed by atoms with Crippen molar-refractivity contribution in [1.82, 2.24) is 29.9 Å². The average molecular weight is 493 g/mol. The molecule has 0 aromatic carbocycles. The first-order chi connectivity index (χ1) is 16.4. The maximum atomic E-state index is 13.2. The zero-order valence-electron chi connectivity index (χ0n) is 17.5. The Kier molecular flexibility index (Phi) is 5.96. The van der Waals surface area contributed by atoms with E-state index >= 15 is 0 Å². The van der Waals surface area contributed by atoms with Gasteiger partial charge in [-0.1, -0.05) is 6.07 Å². The summed E-state index contributed by atoms with van der Waals surface area (Å²) in [5, 5.41) is 12.6. The SMILES string of the molecule is Cc1c(O)cncc1-c1nc(Nc2ccnc(C(F)(F)F)c2)nc(-c2cccc(C(F)(F)F)n2)n1. The van der Waals surface area contributed by atoms with Gasteiger partial charge in [0.1, 0.15) is 22.8 Å². The summed E-state index contributed by atoms with van der Waals surface area (Å²) in [7, 11) is 0. The molecule has 2 N–H and O–H groups in total. The van der Waals surface area contributed by atoms with Gasteiger partial charge in [-0.2, -0.15) is 36.3 Å². The minimum absolute atomic E-state index is 0.0850. The number of pyridine rings is 3. The van der Waals surface area contributed by atoms with Crippen LogP contribution in [0.5, 0.6) is 5.75 Å². The molecule has 0 unspecified atom stereocenters. The van der Waals surface area contributed by atoms with E-state index in [2.05, 4.69) is 35.2 Å². The molecule has 0 aliphatic rings. The number of alkyl halides is 6. The molecule has 4 heterocycles. The van der Waals surface area contributed by atoms with Crippen molar-refractivity contribution in [3.63, 3.8) is 0 Å². The number of nitrogens with zero attached hydrogens (tertiary/aromatic N) is 6. The van der Waals surface area contributed by atoms with Gasteiger partial charge in [0.2, 0.25) is 5.95 Å². The van der Waals surface area contributed by atoms with E-state index in [4.69, 9.17) is 0 Å². The first-order valence-electron chi connectivity index (χ1n) is 9.67. The number of aromatic hydroxyl groups is 1. The Morgan fingerprint density at radius 1 is 0.829 bits per heavy atom. The first-order valence-corrected chi connectivity index (χ1v) is 9.67. The lowest BCUT2D eigenvalue weighted by molar-refractivity contribution is -0.141. The molecule has 0 atom stereocenters. The highest BCUT2D eigenvalue weighted by molar-refractivity contribution is 5.66. The van der Waals surface area contributed by atoms with Crippen LogP contribution in [0.25, 0.3) is 22.9 Å². The van der Waals surface area contributed by atoms with Crippen molar-refractivity contribution in [1.29, 1.82) is 0 Å². The first kappa shape index (κ1) is 23.8. The number of aromatic nitrogens is 6. The van der Waals surface area contributed by atoms with Gasteiger partial charge in [-0.05, 0) is 31.2 Å². The molecule has 35 heavy (non-hydrogen) atoms. The predicted molar refractivity (Wildman–Crippen MR) is 110 cm³/mol.